The van der Waals surface area contributed by atoms with Gasteiger partial charge in [-0.05, 0) is 29.2 Å². The van der Waals surface area contributed by atoms with E-state index in [4.69, 9.17) is 5.73 Å². The van der Waals surface area contributed by atoms with E-state index in [1.165, 1.54) is 16.7 Å². The summed E-state index contributed by atoms with van der Waals surface area (Å²) in [4.78, 5) is 0. The van der Waals surface area contributed by atoms with Crippen LogP contribution in [0.15, 0.2) is 54.6 Å². The lowest BCUT2D eigenvalue weighted by Gasteiger charge is -2.10. The van der Waals surface area contributed by atoms with Crippen LogP contribution in [0.25, 0.3) is 11.1 Å². The highest BCUT2D eigenvalue weighted by atomic mass is 14.5. The van der Waals surface area contributed by atoms with Gasteiger partial charge in [0, 0.05) is 0 Å². The van der Waals surface area contributed by atoms with Crippen LogP contribution in [-0.2, 0) is 0 Å². The summed E-state index contributed by atoms with van der Waals surface area (Å²) in [7, 11) is 0. The molecule has 2 N–H and O–H groups in total. The van der Waals surface area contributed by atoms with Crippen molar-refractivity contribution in [1.29, 1.82) is 0 Å². The minimum absolute atomic E-state index is 0.420. The van der Waals surface area contributed by atoms with Crippen LogP contribution in [0, 0.1) is 0 Å². The first-order chi connectivity index (χ1) is 7.81. The van der Waals surface area contributed by atoms with E-state index in [1.807, 2.05) is 6.07 Å². The molecule has 0 heterocycles. The Labute approximate surface area is 96.9 Å². The molecule has 0 radical (unpaired) electrons. The molecule has 0 spiro atoms. The molecule has 1 heteroatoms. The largest absolute Gasteiger partial charge is 0.330 e. The van der Waals surface area contributed by atoms with Crippen LogP contribution in [0.2, 0.25) is 0 Å². The van der Waals surface area contributed by atoms with Gasteiger partial charge in [0.2, 0.25) is 0 Å². The maximum absolute atomic E-state index is 5.69. The minimum atomic E-state index is 0.420. The molecule has 2 aromatic carbocycles. The minimum Gasteiger partial charge on any atom is -0.330 e. The first-order valence-corrected chi connectivity index (χ1v) is 5.66. The molecule has 1 atom stereocenters. The standard InChI is InChI=1S/C15H17N/c1-12(11-16)14-8-5-9-15(10-14)13-6-3-2-4-7-13/h2-10,12H,11,16H2,1H3. The van der Waals surface area contributed by atoms with Gasteiger partial charge < -0.3 is 5.73 Å². The molecule has 0 bridgehead atoms. The average Bonchev–Trinajstić information content (AvgIpc) is 2.39. The molecule has 2 aromatic rings. The van der Waals surface area contributed by atoms with Crippen LogP contribution < -0.4 is 5.73 Å². The van der Waals surface area contributed by atoms with Gasteiger partial charge in [0.15, 0.2) is 0 Å². The zero-order chi connectivity index (χ0) is 11.4. The summed E-state index contributed by atoms with van der Waals surface area (Å²) in [6, 6.07) is 19.0. The van der Waals surface area contributed by atoms with Gasteiger partial charge in [-0.15, -0.1) is 0 Å². The van der Waals surface area contributed by atoms with Crippen LogP contribution in [0.4, 0.5) is 0 Å². The van der Waals surface area contributed by atoms with E-state index in [0.717, 1.165) is 0 Å². The van der Waals surface area contributed by atoms with Crippen LogP contribution in [-0.4, -0.2) is 6.54 Å². The Bertz CT molecular complexity index is 448. The van der Waals surface area contributed by atoms with E-state index in [9.17, 15) is 0 Å². The highest BCUT2D eigenvalue weighted by Gasteiger charge is 2.04. The molecule has 0 fully saturated rings. The van der Waals surface area contributed by atoms with Gasteiger partial charge in [0.25, 0.3) is 0 Å². The molecule has 0 aliphatic rings. The Balaban J connectivity index is 2.36. The fraction of sp³-hybridized carbons (Fsp3) is 0.200. The zero-order valence-corrected chi connectivity index (χ0v) is 9.56. The van der Waals surface area contributed by atoms with Crippen molar-refractivity contribution in [2.75, 3.05) is 6.54 Å². The second kappa shape index (κ2) is 4.95. The molecule has 0 saturated heterocycles. The van der Waals surface area contributed by atoms with E-state index in [1.54, 1.807) is 0 Å². The molecular weight excluding hydrogens is 194 g/mol. The zero-order valence-electron chi connectivity index (χ0n) is 9.56. The molecule has 0 aliphatic heterocycles. The number of rotatable bonds is 3. The predicted octanol–water partition coefficient (Wildman–Crippen LogP) is 3.42. The van der Waals surface area contributed by atoms with Gasteiger partial charge in [-0.25, -0.2) is 0 Å². The van der Waals surface area contributed by atoms with Gasteiger partial charge >= 0.3 is 0 Å². The van der Waals surface area contributed by atoms with Crippen molar-refractivity contribution in [2.24, 2.45) is 5.73 Å². The predicted molar refractivity (Wildman–Crippen MR) is 69.3 cm³/mol. The highest BCUT2D eigenvalue weighted by Crippen LogP contribution is 2.23. The lowest BCUT2D eigenvalue weighted by atomic mass is 9.96. The average molecular weight is 211 g/mol. The van der Waals surface area contributed by atoms with Crippen LogP contribution in [0.5, 0.6) is 0 Å². The van der Waals surface area contributed by atoms with Crippen LogP contribution in [0.1, 0.15) is 18.4 Å². The number of nitrogens with two attached hydrogens (primary N) is 1. The fourth-order valence-corrected chi connectivity index (χ4v) is 1.79. The van der Waals surface area contributed by atoms with Crippen molar-refractivity contribution in [1.82, 2.24) is 0 Å². The molecule has 2 rings (SSSR count). The Morgan fingerprint density at radius 2 is 1.62 bits per heavy atom. The van der Waals surface area contributed by atoms with Gasteiger partial charge in [-0.1, -0.05) is 61.5 Å². The van der Waals surface area contributed by atoms with Crippen molar-refractivity contribution >= 4 is 0 Å². The number of benzene rings is 2. The topological polar surface area (TPSA) is 26.0 Å². The second-order valence-corrected chi connectivity index (χ2v) is 4.13. The Morgan fingerprint density at radius 3 is 2.31 bits per heavy atom. The van der Waals surface area contributed by atoms with Gasteiger partial charge in [-0.3, -0.25) is 0 Å². The second-order valence-electron chi connectivity index (χ2n) is 4.13. The normalized spacial score (nSPS) is 12.4. The molecule has 0 aliphatic carbocycles. The van der Waals surface area contributed by atoms with Crippen molar-refractivity contribution in [3.63, 3.8) is 0 Å². The van der Waals surface area contributed by atoms with Crippen molar-refractivity contribution < 1.29 is 0 Å². The SMILES string of the molecule is CC(CN)c1cccc(-c2ccccc2)c1. The van der Waals surface area contributed by atoms with E-state index >= 15 is 0 Å². The lowest BCUT2D eigenvalue weighted by molar-refractivity contribution is 0.774. The van der Waals surface area contributed by atoms with Gasteiger partial charge in [0.05, 0.1) is 0 Å². The first kappa shape index (κ1) is 10.9. The Hall–Kier alpha value is -1.60. The summed E-state index contributed by atoms with van der Waals surface area (Å²) in [5.74, 6) is 0.420. The van der Waals surface area contributed by atoms with Crippen molar-refractivity contribution in [2.45, 2.75) is 12.8 Å². The van der Waals surface area contributed by atoms with E-state index < -0.39 is 0 Å². The first-order valence-electron chi connectivity index (χ1n) is 5.66. The van der Waals surface area contributed by atoms with E-state index in [0.29, 0.717) is 12.5 Å². The smallest absolute Gasteiger partial charge is 0.00109 e. The molecular formula is C15H17N. The third kappa shape index (κ3) is 2.31. The summed E-state index contributed by atoms with van der Waals surface area (Å²) in [5.41, 5.74) is 9.52. The van der Waals surface area contributed by atoms with E-state index in [-0.39, 0.29) is 0 Å². The third-order valence-corrected chi connectivity index (χ3v) is 2.92. The monoisotopic (exact) mass is 211 g/mol. The maximum atomic E-state index is 5.69. The fourth-order valence-electron chi connectivity index (χ4n) is 1.79. The summed E-state index contributed by atoms with van der Waals surface area (Å²) >= 11 is 0. The quantitative estimate of drug-likeness (QED) is 0.827. The summed E-state index contributed by atoms with van der Waals surface area (Å²) in [5, 5.41) is 0. The Kier molecular flexibility index (Phi) is 3.37. The number of hydrogen-bond donors (Lipinski definition) is 1. The molecule has 16 heavy (non-hydrogen) atoms. The summed E-state index contributed by atoms with van der Waals surface area (Å²) in [6.45, 7) is 2.85. The van der Waals surface area contributed by atoms with Crippen molar-refractivity contribution in [3.05, 3.63) is 60.2 Å². The third-order valence-electron chi connectivity index (χ3n) is 2.92. The summed E-state index contributed by atoms with van der Waals surface area (Å²) < 4.78 is 0. The highest BCUT2D eigenvalue weighted by molar-refractivity contribution is 5.64. The maximum Gasteiger partial charge on any atom is -0.00109 e. The van der Waals surface area contributed by atoms with Crippen LogP contribution in [0.3, 0.4) is 0 Å². The summed E-state index contributed by atoms with van der Waals surface area (Å²) in [6.07, 6.45) is 0. The Morgan fingerprint density at radius 1 is 0.938 bits per heavy atom. The molecule has 0 aromatic heterocycles. The number of hydrogen-bond acceptors (Lipinski definition) is 1. The molecule has 0 amide bonds. The molecule has 1 unspecified atom stereocenters. The molecule has 1 nitrogen and oxygen atoms in total. The van der Waals surface area contributed by atoms with E-state index in [2.05, 4.69) is 55.5 Å². The lowest BCUT2D eigenvalue weighted by Crippen LogP contribution is -2.08. The van der Waals surface area contributed by atoms with Crippen molar-refractivity contribution in [3.8, 4) is 11.1 Å². The van der Waals surface area contributed by atoms with Crippen LogP contribution >= 0.6 is 0 Å². The molecule has 0 saturated carbocycles. The van der Waals surface area contributed by atoms with Gasteiger partial charge in [-0.2, -0.15) is 0 Å². The molecule has 82 valence electrons. The van der Waals surface area contributed by atoms with Gasteiger partial charge in [0.1, 0.15) is 0 Å².